The van der Waals surface area contributed by atoms with Gasteiger partial charge in [0.2, 0.25) is 5.91 Å². The van der Waals surface area contributed by atoms with E-state index in [-0.39, 0.29) is 23.4 Å². The lowest BCUT2D eigenvalue weighted by Crippen LogP contribution is -2.52. The number of ketones is 1. The molecule has 3 unspecified atom stereocenters. The van der Waals surface area contributed by atoms with Gasteiger partial charge in [-0.05, 0) is 55.3 Å². The summed E-state index contributed by atoms with van der Waals surface area (Å²) in [5.41, 5.74) is 1.05. The van der Waals surface area contributed by atoms with E-state index in [0.29, 0.717) is 39.7 Å². The van der Waals surface area contributed by atoms with E-state index in [9.17, 15) is 19.7 Å². The maximum Gasteiger partial charge on any atom is 0.269 e. The Morgan fingerprint density at radius 1 is 1.16 bits per heavy atom. The van der Waals surface area contributed by atoms with Crippen LogP contribution in [0.4, 0.5) is 11.4 Å². The first-order valence-electron chi connectivity index (χ1n) is 12.2. The molecule has 4 atom stereocenters. The molecule has 3 aromatic rings. The summed E-state index contributed by atoms with van der Waals surface area (Å²) in [6.07, 6.45) is 1.61. The van der Waals surface area contributed by atoms with E-state index < -0.39 is 22.3 Å². The van der Waals surface area contributed by atoms with Crippen LogP contribution in [0.3, 0.4) is 0 Å². The van der Waals surface area contributed by atoms with Crippen LogP contribution in [0.1, 0.15) is 40.2 Å². The summed E-state index contributed by atoms with van der Waals surface area (Å²) in [5.74, 6) is -1.24. The molecule has 0 aliphatic carbocycles. The van der Waals surface area contributed by atoms with Gasteiger partial charge in [-0.3, -0.25) is 24.6 Å². The van der Waals surface area contributed by atoms with Gasteiger partial charge in [0.05, 0.1) is 18.0 Å². The van der Waals surface area contributed by atoms with E-state index in [2.05, 4.69) is 10.2 Å². The first-order valence-corrected chi connectivity index (χ1v) is 12.5. The fourth-order valence-electron chi connectivity index (χ4n) is 6.71. The Hall–Kier alpha value is -3.75. The predicted molar refractivity (Wildman–Crippen MR) is 138 cm³/mol. The number of Topliss-reactive ketones (excluding diaryl/α,β-unsaturated/α-hetero) is 1. The Morgan fingerprint density at radius 3 is 2.76 bits per heavy atom. The molecule has 2 fully saturated rings. The average molecular weight is 518 g/mol. The maximum absolute atomic E-state index is 14.5. The van der Waals surface area contributed by atoms with Crippen molar-refractivity contribution < 1.29 is 19.2 Å². The molecule has 3 aromatic carbocycles. The summed E-state index contributed by atoms with van der Waals surface area (Å²) in [7, 11) is 1.53. The maximum atomic E-state index is 14.5. The van der Waals surface area contributed by atoms with Crippen molar-refractivity contribution in [1.29, 1.82) is 0 Å². The van der Waals surface area contributed by atoms with E-state index in [0.717, 1.165) is 12.8 Å². The molecule has 0 aromatic heterocycles. The highest BCUT2D eigenvalue weighted by atomic mass is 35.5. The Morgan fingerprint density at radius 2 is 1.97 bits per heavy atom. The summed E-state index contributed by atoms with van der Waals surface area (Å²) in [4.78, 5) is 41.9. The Balaban J connectivity index is 1.62. The average Bonchev–Trinajstić information content (AvgIpc) is 3.57. The van der Waals surface area contributed by atoms with Gasteiger partial charge in [-0.2, -0.15) is 0 Å². The highest BCUT2D eigenvalue weighted by Crippen LogP contribution is 2.61. The number of rotatable bonds is 5. The van der Waals surface area contributed by atoms with Crippen LogP contribution < -0.4 is 10.1 Å². The van der Waals surface area contributed by atoms with Crippen molar-refractivity contribution in [3.8, 4) is 5.75 Å². The Kier molecular flexibility index (Phi) is 5.54. The number of anilines is 1. The third-order valence-electron chi connectivity index (χ3n) is 8.07. The number of methoxy groups -OCH3 is 1. The van der Waals surface area contributed by atoms with Gasteiger partial charge in [0.15, 0.2) is 5.78 Å². The molecule has 3 aliphatic heterocycles. The van der Waals surface area contributed by atoms with Crippen molar-refractivity contribution in [2.24, 2.45) is 5.92 Å². The zero-order valence-corrected chi connectivity index (χ0v) is 20.8. The van der Waals surface area contributed by atoms with Crippen LogP contribution in [0.15, 0.2) is 66.7 Å². The van der Waals surface area contributed by atoms with E-state index in [1.54, 1.807) is 48.5 Å². The van der Waals surface area contributed by atoms with Crippen LogP contribution in [-0.2, 0) is 10.3 Å². The van der Waals surface area contributed by atoms with Gasteiger partial charge >= 0.3 is 0 Å². The van der Waals surface area contributed by atoms with Crippen molar-refractivity contribution in [2.75, 3.05) is 19.0 Å². The largest absolute Gasteiger partial charge is 0.497 e. The number of fused-ring (bicyclic) bond motifs is 4. The van der Waals surface area contributed by atoms with Crippen molar-refractivity contribution >= 4 is 34.7 Å². The number of halogens is 1. The summed E-state index contributed by atoms with van der Waals surface area (Å²) in [5, 5.41) is 15.1. The van der Waals surface area contributed by atoms with E-state index in [4.69, 9.17) is 16.3 Å². The van der Waals surface area contributed by atoms with Crippen LogP contribution in [0.2, 0.25) is 5.02 Å². The first-order chi connectivity index (χ1) is 17.9. The third kappa shape index (κ3) is 3.39. The number of carbonyl (C=O) groups is 2. The Bertz CT molecular complexity index is 1460. The molecule has 188 valence electrons. The second kappa shape index (κ2) is 8.68. The molecule has 9 heteroatoms. The molecule has 1 N–H and O–H groups in total. The van der Waals surface area contributed by atoms with Gasteiger partial charge < -0.3 is 10.1 Å². The van der Waals surface area contributed by atoms with Crippen LogP contribution in [0.5, 0.6) is 5.75 Å². The number of nitrogens with zero attached hydrogens (tertiary/aromatic N) is 2. The lowest BCUT2D eigenvalue weighted by molar-refractivity contribution is -0.384. The number of nitrogens with one attached hydrogen (secondary N) is 1. The lowest BCUT2D eigenvalue weighted by atomic mass is 9.68. The molecule has 0 saturated carbocycles. The van der Waals surface area contributed by atoms with Crippen molar-refractivity contribution in [2.45, 2.75) is 30.3 Å². The standard InChI is InChI=1S/C28H24ClN3O5/c1-37-20-8-3-6-17(14-20)26(33)25-24(16-5-2-7-19(13-16)32(35)36)23-9-4-12-31(23)28(25)21-15-18(29)10-11-22(21)30-27(28)34/h2-3,5-8,10-11,13-15,23-25H,4,9,12H2,1H3,(H,30,34)/t23?,24?,25?,28-/m1/s1. The number of benzene rings is 3. The minimum atomic E-state index is -1.29. The summed E-state index contributed by atoms with van der Waals surface area (Å²) >= 11 is 6.43. The first kappa shape index (κ1) is 23.6. The van der Waals surface area contributed by atoms with Crippen LogP contribution >= 0.6 is 11.6 Å². The van der Waals surface area contributed by atoms with Crippen LogP contribution in [-0.4, -0.2) is 41.2 Å². The highest BCUT2D eigenvalue weighted by molar-refractivity contribution is 6.31. The molecule has 37 heavy (non-hydrogen) atoms. The molecular weight excluding hydrogens is 494 g/mol. The van der Waals surface area contributed by atoms with E-state index in [1.165, 1.54) is 19.2 Å². The van der Waals surface area contributed by atoms with Gasteiger partial charge in [-0.25, -0.2) is 0 Å². The number of nitro groups is 1. The highest BCUT2D eigenvalue weighted by Gasteiger charge is 2.69. The molecule has 3 heterocycles. The van der Waals surface area contributed by atoms with E-state index in [1.807, 2.05) is 6.07 Å². The van der Waals surface area contributed by atoms with Gasteiger partial charge in [0.25, 0.3) is 5.69 Å². The van der Waals surface area contributed by atoms with Crippen molar-refractivity contribution in [3.05, 3.63) is 98.6 Å². The van der Waals surface area contributed by atoms with Gasteiger partial charge in [-0.15, -0.1) is 0 Å². The number of hydrogen-bond acceptors (Lipinski definition) is 6. The van der Waals surface area contributed by atoms with Gasteiger partial charge in [0, 0.05) is 45.9 Å². The third-order valence-corrected chi connectivity index (χ3v) is 8.30. The SMILES string of the molecule is COc1cccc(C(=O)C2C(c3cccc([N+](=O)[O-])c3)C3CCCN3[C@@]23C(=O)Nc2ccc(Cl)cc23)c1. The second-order valence-electron chi connectivity index (χ2n) is 9.77. The monoisotopic (exact) mass is 517 g/mol. The van der Waals surface area contributed by atoms with Crippen LogP contribution in [0.25, 0.3) is 0 Å². The molecule has 2 saturated heterocycles. The van der Waals surface area contributed by atoms with Gasteiger partial charge in [-0.1, -0.05) is 35.9 Å². The fourth-order valence-corrected chi connectivity index (χ4v) is 6.88. The minimum Gasteiger partial charge on any atom is -0.497 e. The number of amides is 1. The number of hydrogen-bond donors (Lipinski definition) is 1. The lowest BCUT2D eigenvalue weighted by Gasteiger charge is -2.37. The molecule has 8 nitrogen and oxygen atoms in total. The number of nitro benzene ring substituents is 1. The van der Waals surface area contributed by atoms with Crippen molar-refractivity contribution in [3.63, 3.8) is 0 Å². The Labute approximate surface area is 218 Å². The molecule has 0 radical (unpaired) electrons. The van der Waals surface area contributed by atoms with E-state index >= 15 is 0 Å². The van der Waals surface area contributed by atoms with Crippen molar-refractivity contribution in [1.82, 2.24) is 4.90 Å². The molecule has 3 aliphatic rings. The topological polar surface area (TPSA) is 102 Å². The molecule has 1 spiro atoms. The second-order valence-corrected chi connectivity index (χ2v) is 10.2. The smallest absolute Gasteiger partial charge is 0.269 e. The zero-order valence-electron chi connectivity index (χ0n) is 20.0. The summed E-state index contributed by atoms with van der Waals surface area (Å²) < 4.78 is 5.37. The molecule has 6 rings (SSSR count). The number of carbonyl (C=O) groups excluding carboxylic acids is 2. The van der Waals surface area contributed by atoms with Crippen LogP contribution in [0, 0.1) is 16.0 Å². The normalized spacial score (nSPS) is 26.1. The predicted octanol–water partition coefficient (Wildman–Crippen LogP) is 5.17. The van der Waals surface area contributed by atoms with Gasteiger partial charge in [0.1, 0.15) is 11.3 Å². The molecular formula is C28H24ClN3O5. The number of ether oxygens (including phenoxy) is 1. The molecule has 1 amide bonds. The number of non-ortho nitro benzene ring substituents is 1. The summed E-state index contributed by atoms with van der Waals surface area (Å²) in [6.45, 7) is 0.622. The molecule has 0 bridgehead atoms. The summed E-state index contributed by atoms with van der Waals surface area (Å²) in [6, 6.07) is 18.4. The zero-order chi connectivity index (χ0) is 25.9. The quantitative estimate of drug-likeness (QED) is 0.285. The minimum absolute atomic E-state index is 0.0464. The fraction of sp³-hybridized carbons (Fsp3) is 0.286.